The molecular weight excluding hydrogens is 274 g/mol. The smallest absolute Gasteiger partial charge is 0.248 e. The van der Waals surface area contributed by atoms with Crippen LogP contribution < -0.4 is 11.5 Å². The lowest BCUT2D eigenvalue weighted by Crippen LogP contribution is -2.39. The molecule has 0 unspecified atom stereocenters. The number of amides is 1. The number of rotatable bonds is 7. The minimum absolute atomic E-state index is 0.250. The van der Waals surface area contributed by atoms with Crippen LogP contribution in [0.25, 0.3) is 0 Å². The van der Waals surface area contributed by atoms with Gasteiger partial charge in [-0.25, -0.2) is 0 Å². The van der Waals surface area contributed by atoms with Crippen LogP contribution in [0.5, 0.6) is 0 Å². The molecule has 22 heavy (non-hydrogen) atoms. The minimum atomic E-state index is -0.400. The molecule has 1 atom stereocenters. The van der Waals surface area contributed by atoms with Gasteiger partial charge in [-0.05, 0) is 36.7 Å². The molecule has 0 radical (unpaired) electrons. The molecule has 0 saturated carbocycles. The molecule has 2 rings (SSSR count). The second-order valence-electron chi connectivity index (χ2n) is 5.56. The molecule has 2 aromatic carbocycles. The Morgan fingerprint density at radius 2 is 1.68 bits per heavy atom. The third kappa shape index (κ3) is 4.41. The van der Waals surface area contributed by atoms with Crippen molar-refractivity contribution in [1.29, 1.82) is 0 Å². The van der Waals surface area contributed by atoms with Crippen molar-refractivity contribution >= 4 is 5.91 Å². The van der Waals surface area contributed by atoms with Crippen LogP contribution in [-0.2, 0) is 13.0 Å². The lowest BCUT2D eigenvalue weighted by Gasteiger charge is -2.27. The molecule has 4 N–H and O–H groups in total. The fourth-order valence-electron chi connectivity index (χ4n) is 2.50. The third-order valence-corrected chi connectivity index (χ3v) is 3.88. The van der Waals surface area contributed by atoms with Gasteiger partial charge in [-0.15, -0.1) is 0 Å². The van der Waals surface area contributed by atoms with Crippen molar-refractivity contribution in [3.05, 3.63) is 71.3 Å². The van der Waals surface area contributed by atoms with Gasteiger partial charge in [0.2, 0.25) is 5.91 Å². The molecule has 0 saturated heterocycles. The molecule has 0 bridgehead atoms. The van der Waals surface area contributed by atoms with Gasteiger partial charge in [0.1, 0.15) is 0 Å². The van der Waals surface area contributed by atoms with E-state index in [1.54, 1.807) is 12.1 Å². The predicted octanol–water partition coefficient (Wildman–Crippen LogP) is 1.79. The minimum Gasteiger partial charge on any atom is -0.366 e. The van der Waals surface area contributed by atoms with Crippen molar-refractivity contribution in [2.45, 2.75) is 19.0 Å². The van der Waals surface area contributed by atoms with Crippen molar-refractivity contribution in [2.75, 3.05) is 13.6 Å². The van der Waals surface area contributed by atoms with E-state index in [4.69, 9.17) is 11.5 Å². The van der Waals surface area contributed by atoms with E-state index >= 15 is 0 Å². The van der Waals surface area contributed by atoms with Gasteiger partial charge in [0, 0.05) is 24.7 Å². The first-order chi connectivity index (χ1) is 10.6. The van der Waals surface area contributed by atoms with E-state index < -0.39 is 5.91 Å². The number of benzene rings is 2. The summed E-state index contributed by atoms with van der Waals surface area (Å²) in [6.07, 6.45) is 0.846. The van der Waals surface area contributed by atoms with E-state index in [0.717, 1.165) is 18.5 Å². The summed E-state index contributed by atoms with van der Waals surface area (Å²) < 4.78 is 0. The van der Waals surface area contributed by atoms with Crippen LogP contribution in [-0.4, -0.2) is 30.4 Å². The van der Waals surface area contributed by atoms with Crippen molar-refractivity contribution < 1.29 is 4.79 Å². The lowest BCUT2D eigenvalue weighted by molar-refractivity contribution is 0.100. The van der Waals surface area contributed by atoms with Crippen LogP contribution in [0.2, 0.25) is 0 Å². The van der Waals surface area contributed by atoms with Crippen LogP contribution >= 0.6 is 0 Å². The third-order valence-electron chi connectivity index (χ3n) is 3.88. The molecule has 1 amide bonds. The Morgan fingerprint density at radius 1 is 1.05 bits per heavy atom. The topological polar surface area (TPSA) is 72.3 Å². The van der Waals surface area contributed by atoms with Crippen LogP contribution in [0.3, 0.4) is 0 Å². The molecule has 0 aromatic heterocycles. The highest BCUT2D eigenvalue weighted by Crippen LogP contribution is 2.12. The first kappa shape index (κ1) is 16.2. The fourth-order valence-corrected chi connectivity index (χ4v) is 2.50. The quantitative estimate of drug-likeness (QED) is 0.818. The van der Waals surface area contributed by atoms with Crippen LogP contribution in [0, 0.1) is 0 Å². The first-order valence-electron chi connectivity index (χ1n) is 7.43. The van der Waals surface area contributed by atoms with Crippen LogP contribution in [0.15, 0.2) is 54.6 Å². The Kier molecular flexibility index (Phi) is 5.69. The van der Waals surface area contributed by atoms with Gasteiger partial charge in [-0.3, -0.25) is 9.69 Å². The fraction of sp³-hybridized carbons (Fsp3) is 0.278. The van der Waals surface area contributed by atoms with Gasteiger partial charge in [-0.2, -0.15) is 0 Å². The van der Waals surface area contributed by atoms with Gasteiger partial charge < -0.3 is 11.5 Å². The van der Waals surface area contributed by atoms with Crippen molar-refractivity contribution in [3.63, 3.8) is 0 Å². The molecule has 4 nitrogen and oxygen atoms in total. The highest BCUT2D eigenvalue weighted by molar-refractivity contribution is 5.92. The van der Waals surface area contributed by atoms with E-state index in [0.29, 0.717) is 12.1 Å². The van der Waals surface area contributed by atoms with E-state index in [-0.39, 0.29) is 6.04 Å². The number of hydrogen-bond acceptors (Lipinski definition) is 3. The number of carbonyl (C=O) groups excluding carboxylic acids is 1. The molecular formula is C18H23N3O. The second kappa shape index (κ2) is 7.73. The van der Waals surface area contributed by atoms with Gasteiger partial charge >= 0.3 is 0 Å². The van der Waals surface area contributed by atoms with E-state index in [9.17, 15) is 4.79 Å². The zero-order valence-corrected chi connectivity index (χ0v) is 12.9. The SMILES string of the molecule is CN(Cc1ccccc1)[C@H](CN)Cc1ccc(C(N)=O)cc1. The molecule has 0 aliphatic carbocycles. The second-order valence-corrected chi connectivity index (χ2v) is 5.56. The number of nitrogens with zero attached hydrogens (tertiary/aromatic N) is 1. The number of primary amides is 1. The van der Waals surface area contributed by atoms with E-state index in [1.165, 1.54) is 5.56 Å². The summed E-state index contributed by atoms with van der Waals surface area (Å²) >= 11 is 0. The maximum atomic E-state index is 11.1. The summed E-state index contributed by atoms with van der Waals surface area (Å²) in [5, 5.41) is 0. The number of carbonyl (C=O) groups is 1. The number of hydrogen-bond donors (Lipinski definition) is 2. The van der Waals surface area contributed by atoms with Crippen molar-refractivity contribution in [3.8, 4) is 0 Å². The summed E-state index contributed by atoms with van der Waals surface area (Å²) in [5.41, 5.74) is 14.2. The summed E-state index contributed by atoms with van der Waals surface area (Å²) in [7, 11) is 2.09. The van der Waals surface area contributed by atoms with Crippen molar-refractivity contribution in [2.24, 2.45) is 11.5 Å². The van der Waals surface area contributed by atoms with E-state index in [2.05, 4.69) is 24.1 Å². The first-order valence-corrected chi connectivity index (χ1v) is 7.43. The normalized spacial score (nSPS) is 12.3. The zero-order valence-electron chi connectivity index (χ0n) is 12.9. The zero-order chi connectivity index (χ0) is 15.9. The highest BCUT2D eigenvalue weighted by atomic mass is 16.1. The summed E-state index contributed by atoms with van der Waals surface area (Å²) in [6.45, 7) is 1.45. The maximum absolute atomic E-state index is 11.1. The van der Waals surface area contributed by atoms with Crippen LogP contribution in [0.4, 0.5) is 0 Å². The molecule has 2 aromatic rings. The predicted molar refractivity (Wildman–Crippen MR) is 89.4 cm³/mol. The summed E-state index contributed by atoms with van der Waals surface area (Å²) in [5.74, 6) is -0.400. The van der Waals surface area contributed by atoms with Gasteiger partial charge in [0.05, 0.1) is 0 Å². The largest absolute Gasteiger partial charge is 0.366 e. The monoisotopic (exact) mass is 297 g/mol. The van der Waals surface area contributed by atoms with Crippen LogP contribution in [0.1, 0.15) is 21.5 Å². The average molecular weight is 297 g/mol. The lowest BCUT2D eigenvalue weighted by atomic mass is 10.0. The number of likely N-dealkylation sites (N-methyl/N-ethyl adjacent to an activating group) is 1. The molecule has 116 valence electrons. The standard InChI is InChI=1S/C18H23N3O/c1-21(13-15-5-3-2-4-6-15)17(12-19)11-14-7-9-16(10-8-14)18(20)22/h2-10,17H,11-13,19H2,1H3,(H2,20,22)/t17-/m0/s1. The summed E-state index contributed by atoms with van der Waals surface area (Å²) in [6, 6.07) is 18.0. The Bertz CT molecular complexity index is 595. The van der Waals surface area contributed by atoms with Gasteiger partial charge in [0.15, 0.2) is 0 Å². The Balaban J connectivity index is 2.00. The maximum Gasteiger partial charge on any atom is 0.248 e. The Hall–Kier alpha value is -2.17. The molecule has 0 fully saturated rings. The average Bonchev–Trinajstić information content (AvgIpc) is 2.53. The molecule has 0 heterocycles. The Labute approximate surface area is 131 Å². The molecule has 0 aliphatic rings. The van der Waals surface area contributed by atoms with Crippen molar-refractivity contribution in [1.82, 2.24) is 4.90 Å². The molecule has 0 aliphatic heterocycles. The number of nitrogens with two attached hydrogens (primary N) is 2. The van der Waals surface area contributed by atoms with Gasteiger partial charge in [0.25, 0.3) is 0 Å². The Morgan fingerprint density at radius 3 is 2.23 bits per heavy atom. The molecule has 0 spiro atoms. The van der Waals surface area contributed by atoms with Gasteiger partial charge in [-0.1, -0.05) is 42.5 Å². The highest BCUT2D eigenvalue weighted by Gasteiger charge is 2.14. The van der Waals surface area contributed by atoms with E-state index in [1.807, 2.05) is 30.3 Å². The molecule has 4 heteroatoms. The summed E-state index contributed by atoms with van der Waals surface area (Å²) in [4.78, 5) is 13.4.